The molecule has 1 aromatic carbocycles. The maximum atomic E-state index is 12.7. The van der Waals surface area contributed by atoms with E-state index in [2.05, 4.69) is 20.9 Å². The van der Waals surface area contributed by atoms with Gasteiger partial charge in [0.05, 0.1) is 4.90 Å². The van der Waals surface area contributed by atoms with E-state index in [1.807, 2.05) is 0 Å². The first-order valence-corrected chi connectivity index (χ1v) is 11.1. The van der Waals surface area contributed by atoms with Crippen molar-refractivity contribution in [1.82, 2.24) is 13.6 Å². The highest BCUT2D eigenvalue weighted by Gasteiger charge is 2.33. The molecule has 7 nitrogen and oxygen atoms in total. The zero-order valence-electron chi connectivity index (χ0n) is 13.1. The Morgan fingerprint density at radius 1 is 0.840 bits per heavy atom. The average molecular weight is 446 g/mol. The van der Waals surface area contributed by atoms with Crippen LogP contribution in [0.1, 0.15) is 0 Å². The van der Waals surface area contributed by atoms with Gasteiger partial charge in [0, 0.05) is 43.0 Å². The van der Waals surface area contributed by atoms with Crippen molar-refractivity contribution in [2.45, 2.75) is 9.79 Å². The number of hydrogen-bond acceptors (Lipinski definition) is 5. The van der Waals surface area contributed by atoms with E-state index in [1.54, 1.807) is 18.2 Å². The molecule has 0 aliphatic carbocycles. The van der Waals surface area contributed by atoms with Gasteiger partial charge in [0.2, 0.25) is 20.0 Å². The molecule has 0 N–H and O–H groups in total. The van der Waals surface area contributed by atoms with E-state index >= 15 is 0 Å². The topological polar surface area (TPSA) is 87.7 Å². The molecule has 0 unspecified atom stereocenters. The SMILES string of the molecule is O=S(=O)(c1cccnc1)N1CCN(S(=O)(=O)c2cccc(Br)c2)CC1. The largest absolute Gasteiger partial charge is 0.263 e. The summed E-state index contributed by atoms with van der Waals surface area (Å²) in [6.45, 7) is 0.414. The molecular formula is C15H16BrN3O4S2. The number of rotatable bonds is 4. The molecule has 0 radical (unpaired) electrons. The normalized spacial score (nSPS) is 17.5. The summed E-state index contributed by atoms with van der Waals surface area (Å²) in [6.07, 6.45) is 2.79. The minimum absolute atomic E-state index is 0.102. The maximum absolute atomic E-state index is 12.7. The second-order valence-corrected chi connectivity index (χ2v) is 10.2. The van der Waals surface area contributed by atoms with Gasteiger partial charge in [-0.05, 0) is 30.3 Å². The van der Waals surface area contributed by atoms with E-state index in [1.165, 1.54) is 39.2 Å². The Bertz CT molecular complexity index is 957. The summed E-state index contributed by atoms with van der Waals surface area (Å²) < 4.78 is 53.8. The van der Waals surface area contributed by atoms with E-state index in [0.717, 1.165) is 0 Å². The molecule has 134 valence electrons. The van der Waals surface area contributed by atoms with Crippen molar-refractivity contribution in [3.8, 4) is 0 Å². The molecule has 10 heteroatoms. The molecule has 1 aliphatic rings. The van der Waals surface area contributed by atoms with Crippen LogP contribution in [0.15, 0.2) is 63.1 Å². The molecule has 0 spiro atoms. The standard InChI is InChI=1S/C15H16BrN3O4S2/c16-13-3-1-4-14(11-13)24(20,21)18-7-9-19(10-8-18)25(22,23)15-5-2-6-17-12-15/h1-6,11-12H,7-10H2. The van der Waals surface area contributed by atoms with Gasteiger partial charge in [-0.15, -0.1) is 0 Å². The van der Waals surface area contributed by atoms with E-state index in [4.69, 9.17) is 0 Å². The second kappa shape index (κ2) is 7.12. The Labute approximate surface area is 155 Å². The Balaban J connectivity index is 1.76. The Morgan fingerprint density at radius 3 is 1.92 bits per heavy atom. The summed E-state index contributed by atoms with van der Waals surface area (Å²) in [5.41, 5.74) is 0. The fourth-order valence-electron chi connectivity index (χ4n) is 2.58. The summed E-state index contributed by atoms with van der Waals surface area (Å²) in [5, 5.41) is 0. The lowest BCUT2D eigenvalue weighted by Crippen LogP contribution is -2.50. The molecule has 3 rings (SSSR count). The number of benzene rings is 1. The van der Waals surface area contributed by atoms with Crippen molar-refractivity contribution < 1.29 is 16.8 Å². The predicted octanol–water partition coefficient (Wildman–Crippen LogP) is 1.54. The van der Waals surface area contributed by atoms with Gasteiger partial charge in [-0.25, -0.2) is 16.8 Å². The smallest absolute Gasteiger partial charge is 0.244 e. The number of piperazine rings is 1. The van der Waals surface area contributed by atoms with Crippen molar-refractivity contribution in [3.63, 3.8) is 0 Å². The Morgan fingerprint density at radius 2 is 1.40 bits per heavy atom. The molecule has 1 saturated heterocycles. The molecule has 0 amide bonds. The van der Waals surface area contributed by atoms with Crippen LogP contribution in [0.4, 0.5) is 0 Å². The number of nitrogens with zero attached hydrogens (tertiary/aromatic N) is 3. The van der Waals surface area contributed by atoms with Crippen molar-refractivity contribution in [2.75, 3.05) is 26.2 Å². The van der Waals surface area contributed by atoms with E-state index < -0.39 is 20.0 Å². The summed E-state index contributed by atoms with van der Waals surface area (Å²) in [5.74, 6) is 0. The monoisotopic (exact) mass is 445 g/mol. The molecule has 0 atom stereocenters. The van der Waals surface area contributed by atoms with Crippen molar-refractivity contribution in [3.05, 3.63) is 53.3 Å². The fraction of sp³-hybridized carbons (Fsp3) is 0.267. The summed E-state index contributed by atoms with van der Waals surface area (Å²) >= 11 is 3.26. The van der Waals surface area contributed by atoms with Gasteiger partial charge in [-0.3, -0.25) is 4.98 Å². The third-order valence-corrected chi connectivity index (χ3v) is 8.17. The molecule has 25 heavy (non-hydrogen) atoms. The fourth-order valence-corrected chi connectivity index (χ4v) is 5.98. The van der Waals surface area contributed by atoms with Crippen LogP contribution in [0.3, 0.4) is 0 Å². The highest BCUT2D eigenvalue weighted by atomic mass is 79.9. The second-order valence-electron chi connectivity index (χ2n) is 5.45. The van der Waals surface area contributed by atoms with Gasteiger partial charge >= 0.3 is 0 Å². The summed E-state index contributed by atoms with van der Waals surface area (Å²) in [4.78, 5) is 4.13. The maximum Gasteiger partial charge on any atom is 0.244 e. The molecule has 0 bridgehead atoms. The lowest BCUT2D eigenvalue weighted by atomic mass is 10.4. The highest BCUT2D eigenvalue weighted by molar-refractivity contribution is 9.10. The molecule has 1 aliphatic heterocycles. The molecule has 1 aromatic heterocycles. The van der Waals surface area contributed by atoms with Gasteiger partial charge in [-0.2, -0.15) is 8.61 Å². The van der Waals surface area contributed by atoms with Crippen LogP contribution in [0.2, 0.25) is 0 Å². The van der Waals surface area contributed by atoms with Gasteiger partial charge in [0.25, 0.3) is 0 Å². The number of hydrogen-bond donors (Lipinski definition) is 0. The van der Waals surface area contributed by atoms with Crippen molar-refractivity contribution >= 4 is 36.0 Å². The van der Waals surface area contributed by atoms with Gasteiger partial charge in [0.15, 0.2) is 0 Å². The van der Waals surface area contributed by atoms with Crippen LogP contribution in [0.25, 0.3) is 0 Å². The number of aromatic nitrogens is 1. The number of pyridine rings is 1. The quantitative estimate of drug-likeness (QED) is 0.711. The van der Waals surface area contributed by atoms with Crippen molar-refractivity contribution in [1.29, 1.82) is 0 Å². The first-order chi connectivity index (χ1) is 11.8. The van der Waals surface area contributed by atoms with Crippen LogP contribution >= 0.6 is 15.9 Å². The molecular weight excluding hydrogens is 430 g/mol. The van der Waals surface area contributed by atoms with Crippen molar-refractivity contribution in [2.24, 2.45) is 0 Å². The van der Waals surface area contributed by atoms with E-state index in [0.29, 0.717) is 4.47 Å². The molecule has 0 saturated carbocycles. The third-order valence-electron chi connectivity index (χ3n) is 3.90. The molecule has 1 fully saturated rings. The zero-order valence-corrected chi connectivity index (χ0v) is 16.3. The number of halogens is 1. The van der Waals surface area contributed by atoms with Gasteiger partial charge in [0.1, 0.15) is 4.90 Å². The first-order valence-electron chi connectivity index (χ1n) is 7.48. The minimum Gasteiger partial charge on any atom is -0.263 e. The van der Waals surface area contributed by atoms with Crippen LogP contribution < -0.4 is 0 Å². The van der Waals surface area contributed by atoms with Crippen LogP contribution in [0.5, 0.6) is 0 Å². The number of sulfonamides is 2. The van der Waals surface area contributed by atoms with Gasteiger partial charge in [-0.1, -0.05) is 22.0 Å². The Hall–Kier alpha value is -1.33. The van der Waals surface area contributed by atoms with Crippen LogP contribution in [-0.4, -0.2) is 56.6 Å². The summed E-state index contributed by atoms with van der Waals surface area (Å²) in [7, 11) is -7.31. The first kappa shape index (κ1) is 18.5. The van der Waals surface area contributed by atoms with Crippen LogP contribution in [0, 0.1) is 0 Å². The third kappa shape index (κ3) is 3.77. The zero-order chi connectivity index (χ0) is 18.1. The Kier molecular flexibility index (Phi) is 5.26. The molecule has 2 aromatic rings. The lowest BCUT2D eigenvalue weighted by Gasteiger charge is -2.33. The molecule has 2 heterocycles. The van der Waals surface area contributed by atoms with E-state index in [-0.39, 0.29) is 36.0 Å². The average Bonchev–Trinajstić information content (AvgIpc) is 2.62. The summed E-state index contributed by atoms with van der Waals surface area (Å²) in [6, 6.07) is 9.50. The van der Waals surface area contributed by atoms with Crippen LogP contribution in [-0.2, 0) is 20.0 Å². The van der Waals surface area contributed by atoms with Gasteiger partial charge < -0.3 is 0 Å². The highest BCUT2D eigenvalue weighted by Crippen LogP contribution is 2.23. The lowest BCUT2D eigenvalue weighted by molar-refractivity contribution is 0.272. The minimum atomic E-state index is -3.66. The van der Waals surface area contributed by atoms with E-state index in [9.17, 15) is 16.8 Å². The predicted molar refractivity (Wildman–Crippen MR) is 95.9 cm³/mol.